The molecule has 0 radical (unpaired) electrons. The fourth-order valence-electron chi connectivity index (χ4n) is 8.94. The van der Waals surface area contributed by atoms with Crippen LogP contribution in [0.4, 0.5) is 4.39 Å². The third-order valence-corrected chi connectivity index (χ3v) is 10.9. The van der Waals surface area contributed by atoms with E-state index in [9.17, 15) is 9.59 Å². The van der Waals surface area contributed by atoms with Crippen molar-refractivity contribution < 1.29 is 23.5 Å². The first kappa shape index (κ1) is 27.5. The van der Waals surface area contributed by atoms with Crippen LogP contribution in [0.2, 0.25) is 0 Å². The van der Waals surface area contributed by atoms with Crippen molar-refractivity contribution in [3.8, 4) is 0 Å². The Kier molecular flexibility index (Phi) is 7.62. The molecule has 3 aliphatic carbocycles. The number of rotatable bonds is 5. The van der Waals surface area contributed by atoms with Crippen LogP contribution < -0.4 is 0 Å². The second-order valence-electron chi connectivity index (χ2n) is 13.1. The molecule has 8 nitrogen and oxygen atoms in total. The third kappa shape index (κ3) is 4.91. The summed E-state index contributed by atoms with van der Waals surface area (Å²) in [6.45, 7) is 2.99. The zero-order valence-corrected chi connectivity index (χ0v) is 24.1. The summed E-state index contributed by atoms with van der Waals surface area (Å²) in [4.78, 5) is 38.3. The molecule has 3 saturated carbocycles. The molecule has 41 heavy (non-hydrogen) atoms. The van der Waals surface area contributed by atoms with Crippen LogP contribution in [0.3, 0.4) is 0 Å². The Morgan fingerprint density at radius 1 is 1.10 bits per heavy atom. The van der Waals surface area contributed by atoms with Crippen molar-refractivity contribution in [2.75, 3.05) is 39.9 Å². The van der Waals surface area contributed by atoms with Crippen molar-refractivity contribution in [2.24, 2.45) is 17.8 Å². The largest absolute Gasteiger partial charge is 0.379 e. The van der Waals surface area contributed by atoms with Gasteiger partial charge in [-0.05, 0) is 49.7 Å². The zero-order valence-electron chi connectivity index (χ0n) is 24.1. The van der Waals surface area contributed by atoms with Gasteiger partial charge in [-0.1, -0.05) is 25.3 Å². The van der Waals surface area contributed by atoms with E-state index in [1.807, 2.05) is 24.4 Å². The number of hydrogen-bond donors (Lipinski definition) is 0. The maximum absolute atomic E-state index is 16.3. The van der Waals surface area contributed by atoms with Crippen LogP contribution in [-0.4, -0.2) is 108 Å². The lowest BCUT2D eigenvalue weighted by Gasteiger charge is -2.62. The minimum Gasteiger partial charge on any atom is -0.379 e. The zero-order chi connectivity index (χ0) is 28.1. The topological polar surface area (TPSA) is 75.2 Å². The summed E-state index contributed by atoms with van der Waals surface area (Å²) in [7, 11) is 1.75. The van der Waals surface area contributed by atoms with Crippen molar-refractivity contribution in [3.05, 3.63) is 41.9 Å². The highest BCUT2D eigenvalue weighted by atomic mass is 19.1. The maximum atomic E-state index is 16.3. The van der Waals surface area contributed by atoms with Crippen molar-refractivity contribution >= 4 is 11.7 Å². The Bertz CT molecular complexity index is 1160. The van der Waals surface area contributed by atoms with Gasteiger partial charge >= 0.3 is 0 Å². The molecule has 9 unspecified atom stereocenters. The summed E-state index contributed by atoms with van der Waals surface area (Å²) in [5, 5.41) is 0. The summed E-state index contributed by atoms with van der Waals surface area (Å²) < 4.78 is 28.9. The summed E-state index contributed by atoms with van der Waals surface area (Å²) in [5.41, 5.74) is 1.11. The molecule has 222 valence electrons. The van der Waals surface area contributed by atoms with Crippen molar-refractivity contribution in [1.29, 1.82) is 0 Å². The minimum absolute atomic E-state index is 0.00693. The summed E-state index contributed by atoms with van der Waals surface area (Å²) in [6, 6.07) is 5.23. The van der Waals surface area contributed by atoms with E-state index < -0.39 is 24.2 Å². The molecule has 9 heteroatoms. The molecule has 5 fully saturated rings. The van der Waals surface area contributed by atoms with Gasteiger partial charge in [0.05, 0.1) is 49.1 Å². The lowest BCUT2D eigenvalue weighted by Crippen LogP contribution is -2.74. The van der Waals surface area contributed by atoms with E-state index in [-0.39, 0.29) is 41.9 Å². The first-order chi connectivity index (χ1) is 20.0. The second-order valence-corrected chi connectivity index (χ2v) is 13.1. The van der Waals surface area contributed by atoms with Crippen LogP contribution in [0, 0.1) is 17.8 Å². The highest BCUT2D eigenvalue weighted by Gasteiger charge is 2.61. The van der Waals surface area contributed by atoms with Gasteiger partial charge in [0.15, 0.2) is 5.78 Å². The molecule has 9 atom stereocenters. The number of carbonyl (C=O) groups excluding carboxylic acids is 2. The fraction of sp³-hybridized carbons (Fsp3) is 0.719. The summed E-state index contributed by atoms with van der Waals surface area (Å²) >= 11 is 0. The average molecular weight is 567 g/mol. The van der Waals surface area contributed by atoms with Crippen LogP contribution in [-0.2, 0) is 25.5 Å². The number of ether oxygens (including phenoxy) is 2. The number of alkyl halides is 1. The number of fused-ring (bicyclic) bond motifs is 4. The Morgan fingerprint density at radius 3 is 2.73 bits per heavy atom. The number of pyridine rings is 1. The van der Waals surface area contributed by atoms with Crippen LogP contribution in [0.25, 0.3) is 0 Å². The van der Waals surface area contributed by atoms with Gasteiger partial charge in [0.25, 0.3) is 5.91 Å². The predicted octanol–water partition coefficient (Wildman–Crippen LogP) is 3.01. The molecule has 0 spiro atoms. The highest BCUT2D eigenvalue weighted by molar-refractivity contribution is 6.20. The first-order valence-corrected chi connectivity index (χ1v) is 15.8. The van der Waals surface area contributed by atoms with Crippen molar-refractivity contribution in [3.63, 3.8) is 0 Å². The normalized spacial score (nSPS) is 38.8. The average Bonchev–Trinajstić information content (AvgIpc) is 3.01. The third-order valence-electron chi connectivity index (χ3n) is 10.9. The Morgan fingerprint density at radius 2 is 1.93 bits per heavy atom. The molecule has 6 aliphatic rings. The quantitative estimate of drug-likeness (QED) is 0.508. The molecule has 2 saturated heterocycles. The van der Waals surface area contributed by atoms with Crippen LogP contribution in [0.5, 0.6) is 0 Å². The number of amides is 1. The van der Waals surface area contributed by atoms with Gasteiger partial charge in [-0.2, -0.15) is 0 Å². The van der Waals surface area contributed by atoms with E-state index in [0.717, 1.165) is 25.0 Å². The van der Waals surface area contributed by atoms with Crippen LogP contribution >= 0.6 is 0 Å². The van der Waals surface area contributed by atoms with Gasteiger partial charge in [-0.3, -0.25) is 19.5 Å². The van der Waals surface area contributed by atoms with Gasteiger partial charge in [0, 0.05) is 57.1 Å². The Hall–Kier alpha value is -2.36. The smallest absolute Gasteiger partial charge is 0.258 e. The molecule has 7 rings (SSSR count). The molecule has 1 aromatic heterocycles. The second kappa shape index (κ2) is 11.4. The maximum Gasteiger partial charge on any atom is 0.258 e. The van der Waals surface area contributed by atoms with E-state index in [4.69, 9.17) is 9.47 Å². The number of halogens is 1. The summed E-state index contributed by atoms with van der Waals surface area (Å²) in [5.74, 6) is 0.0329. The van der Waals surface area contributed by atoms with E-state index in [2.05, 4.69) is 14.8 Å². The van der Waals surface area contributed by atoms with Gasteiger partial charge in [0.1, 0.15) is 6.17 Å². The monoisotopic (exact) mass is 566 g/mol. The molecule has 0 N–H and O–H groups in total. The molecule has 4 heterocycles. The van der Waals surface area contributed by atoms with Crippen molar-refractivity contribution in [2.45, 2.75) is 87.9 Å². The van der Waals surface area contributed by atoms with E-state index >= 15 is 4.39 Å². The summed E-state index contributed by atoms with van der Waals surface area (Å²) in [6.07, 6.45) is 9.79. The lowest BCUT2D eigenvalue weighted by molar-refractivity contribution is -0.235. The number of carbonyl (C=O) groups is 2. The van der Waals surface area contributed by atoms with Gasteiger partial charge in [-0.25, -0.2) is 4.39 Å². The molecule has 0 aromatic carbocycles. The molecule has 1 amide bonds. The molecule has 1 aromatic rings. The number of ketones is 1. The Balaban J connectivity index is 1.21. The van der Waals surface area contributed by atoms with Gasteiger partial charge in [0.2, 0.25) is 0 Å². The minimum atomic E-state index is -1.19. The standard InChI is InChI=1S/C32H43FN4O4/c1-35(13-11-21-7-4-5-12-34-21)32(39)24-19-37-26-10-9-20-6-2-3-8-22(20)30(26)41-31-27(37)23(29(24)38)18-25(33)28(31)36-14-16-40-17-15-36/h4-5,7,12,19-20,22-23,25-28,30-31H,2-3,6,8-11,13-18H2,1H3. The molecule has 3 aliphatic heterocycles. The number of aromatic nitrogens is 1. The fourth-order valence-corrected chi connectivity index (χ4v) is 8.94. The molecule has 0 bridgehead atoms. The van der Waals surface area contributed by atoms with E-state index in [0.29, 0.717) is 51.1 Å². The molecular weight excluding hydrogens is 523 g/mol. The van der Waals surface area contributed by atoms with Crippen LogP contribution in [0.1, 0.15) is 50.6 Å². The van der Waals surface area contributed by atoms with Crippen LogP contribution in [0.15, 0.2) is 36.2 Å². The number of hydrogen-bond acceptors (Lipinski definition) is 7. The number of nitrogens with zero attached hydrogens (tertiary/aromatic N) is 4. The highest BCUT2D eigenvalue weighted by Crippen LogP contribution is 2.51. The van der Waals surface area contributed by atoms with Gasteiger partial charge < -0.3 is 19.3 Å². The number of Topliss-reactive ketones (excluding diaryl/α,β-unsaturated/α-hetero) is 1. The van der Waals surface area contributed by atoms with E-state index in [1.54, 1.807) is 18.1 Å². The molecular formula is C32H43FN4O4. The Labute approximate surface area is 242 Å². The van der Waals surface area contributed by atoms with Gasteiger partial charge in [-0.15, -0.1) is 0 Å². The van der Waals surface area contributed by atoms with Crippen molar-refractivity contribution in [1.82, 2.24) is 19.7 Å². The number of likely N-dealkylation sites (N-methyl/N-ethyl adjacent to an activating group) is 1. The number of morpholine rings is 2. The SMILES string of the molecule is CN(CCc1ccccn1)C(=O)C1=CN2C3CCC4CCCCC4C3OC3C(N4CCOCC4)C(F)CC(C1=O)C32. The van der Waals surface area contributed by atoms with E-state index in [1.165, 1.54) is 19.3 Å². The first-order valence-electron chi connectivity index (χ1n) is 15.8. The predicted molar refractivity (Wildman–Crippen MR) is 151 cm³/mol. The lowest BCUT2D eigenvalue weighted by atomic mass is 9.64.